The summed E-state index contributed by atoms with van der Waals surface area (Å²) in [7, 11) is 4.45. The second-order valence-corrected chi connectivity index (χ2v) is 6.59. The summed E-state index contributed by atoms with van der Waals surface area (Å²) in [5, 5.41) is 2.83. The maximum Gasteiger partial charge on any atom is 0.339 e. The molecule has 6 nitrogen and oxygen atoms in total. The molecule has 6 heteroatoms. The molecule has 3 rings (SSSR count). The number of esters is 1. The lowest BCUT2D eigenvalue weighted by Gasteiger charge is -2.16. The number of methoxy groups -OCH3 is 3. The van der Waals surface area contributed by atoms with Crippen LogP contribution in [0.15, 0.2) is 60.7 Å². The third-order valence-electron chi connectivity index (χ3n) is 4.75. The fourth-order valence-electron chi connectivity index (χ4n) is 3.19. The van der Waals surface area contributed by atoms with Crippen LogP contribution in [0.3, 0.4) is 0 Å². The smallest absolute Gasteiger partial charge is 0.339 e. The first-order chi connectivity index (χ1) is 14.5. The molecule has 0 unspecified atom stereocenters. The molecule has 0 atom stereocenters. The SMILES string of the molecule is COC(=O)c1cc(C)c(-c2ccc(OC)c(OC)c2)cc1NC(=O)c1ccccc1. The summed E-state index contributed by atoms with van der Waals surface area (Å²) in [5.74, 6) is 0.354. The van der Waals surface area contributed by atoms with Crippen molar-refractivity contribution in [3.05, 3.63) is 77.4 Å². The van der Waals surface area contributed by atoms with E-state index >= 15 is 0 Å². The van der Waals surface area contributed by atoms with E-state index in [0.29, 0.717) is 22.7 Å². The van der Waals surface area contributed by atoms with Crippen molar-refractivity contribution < 1.29 is 23.8 Å². The van der Waals surface area contributed by atoms with Gasteiger partial charge in [0, 0.05) is 5.56 Å². The Hall–Kier alpha value is -3.80. The van der Waals surface area contributed by atoms with Crippen LogP contribution in [-0.2, 0) is 4.74 Å². The number of aryl methyl sites for hydroxylation is 1. The highest BCUT2D eigenvalue weighted by atomic mass is 16.5. The van der Waals surface area contributed by atoms with Gasteiger partial charge in [-0.25, -0.2) is 4.79 Å². The lowest BCUT2D eigenvalue weighted by Crippen LogP contribution is -2.16. The molecule has 0 bridgehead atoms. The molecular weight excluding hydrogens is 382 g/mol. The molecule has 154 valence electrons. The number of ether oxygens (including phenoxy) is 3. The summed E-state index contributed by atoms with van der Waals surface area (Å²) in [4.78, 5) is 25.0. The molecule has 0 saturated carbocycles. The van der Waals surface area contributed by atoms with Gasteiger partial charge in [0.25, 0.3) is 5.91 Å². The number of anilines is 1. The van der Waals surface area contributed by atoms with Gasteiger partial charge in [0.2, 0.25) is 0 Å². The molecule has 3 aromatic carbocycles. The minimum absolute atomic E-state index is 0.281. The van der Waals surface area contributed by atoms with Gasteiger partial charge in [-0.1, -0.05) is 24.3 Å². The molecule has 0 fully saturated rings. The number of carbonyl (C=O) groups excluding carboxylic acids is 2. The first-order valence-corrected chi connectivity index (χ1v) is 9.30. The number of carbonyl (C=O) groups is 2. The summed E-state index contributed by atoms with van der Waals surface area (Å²) >= 11 is 0. The van der Waals surface area contributed by atoms with Crippen molar-refractivity contribution in [2.24, 2.45) is 0 Å². The average molecular weight is 405 g/mol. The van der Waals surface area contributed by atoms with Crippen LogP contribution in [0, 0.1) is 6.92 Å². The van der Waals surface area contributed by atoms with Gasteiger partial charge in [-0.15, -0.1) is 0 Å². The Labute approximate surface area is 175 Å². The highest BCUT2D eigenvalue weighted by Gasteiger charge is 2.19. The summed E-state index contributed by atoms with van der Waals surface area (Å²) in [5.41, 5.74) is 3.68. The van der Waals surface area contributed by atoms with Gasteiger partial charge < -0.3 is 19.5 Å². The molecular formula is C24H23NO5. The van der Waals surface area contributed by atoms with E-state index < -0.39 is 5.97 Å². The van der Waals surface area contributed by atoms with E-state index in [1.807, 2.05) is 31.2 Å². The minimum atomic E-state index is -0.527. The van der Waals surface area contributed by atoms with Crippen molar-refractivity contribution in [2.75, 3.05) is 26.6 Å². The highest BCUT2D eigenvalue weighted by molar-refractivity contribution is 6.08. The summed E-state index contributed by atoms with van der Waals surface area (Å²) in [6.07, 6.45) is 0. The topological polar surface area (TPSA) is 73.9 Å². The lowest BCUT2D eigenvalue weighted by molar-refractivity contribution is 0.0602. The Kier molecular flexibility index (Phi) is 6.37. The first kappa shape index (κ1) is 20.9. The number of benzene rings is 3. The van der Waals surface area contributed by atoms with Crippen LogP contribution >= 0.6 is 0 Å². The van der Waals surface area contributed by atoms with Crippen LogP contribution in [0.1, 0.15) is 26.3 Å². The number of nitrogens with one attached hydrogen (secondary N) is 1. The quantitative estimate of drug-likeness (QED) is 0.601. The standard InChI is InChI=1S/C24H23NO5/c1-15-12-19(24(27)30-4)20(25-23(26)16-8-6-5-7-9-16)14-18(15)17-10-11-21(28-2)22(13-17)29-3/h5-14H,1-4H3,(H,25,26). The highest BCUT2D eigenvalue weighted by Crippen LogP contribution is 2.36. The molecule has 0 aliphatic rings. The predicted molar refractivity (Wildman–Crippen MR) is 115 cm³/mol. The lowest BCUT2D eigenvalue weighted by atomic mass is 9.96. The normalized spacial score (nSPS) is 10.3. The van der Waals surface area contributed by atoms with Crippen LogP contribution < -0.4 is 14.8 Å². The van der Waals surface area contributed by atoms with Gasteiger partial charge in [0.1, 0.15) is 0 Å². The molecule has 1 amide bonds. The average Bonchev–Trinajstić information content (AvgIpc) is 2.79. The van der Waals surface area contributed by atoms with Crippen molar-refractivity contribution in [3.8, 4) is 22.6 Å². The summed E-state index contributed by atoms with van der Waals surface area (Å²) in [6, 6.07) is 17.8. The third-order valence-corrected chi connectivity index (χ3v) is 4.75. The third kappa shape index (κ3) is 4.27. The Balaban J connectivity index is 2.09. The zero-order valence-electron chi connectivity index (χ0n) is 17.3. The van der Waals surface area contributed by atoms with E-state index in [-0.39, 0.29) is 11.5 Å². The number of hydrogen-bond donors (Lipinski definition) is 1. The van der Waals surface area contributed by atoms with E-state index in [4.69, 9.17) is 14.2 Å². The van der Waals surface area contributed by atoms with Crippen molar-refractivity contribution in [1.29, 1.82) is 0 Å². The summed E-state index contributed by atoms with van der Waals surface area (Å²) in [6.45, 7) is 1.89. The fraction of sp³-hybridized carbons (Fsp3) is 0.167. The van der Waals surface area contributed by atoms with Crippen LogP contribution in [-0.4, -0.2) is 33.2 Å². The van der Waals surface area contributed by atoms with Crippen molar-refractivity contribution in [1.82, 2.24) is 0 Å². The number of rotatable bonds is 6. The maximum atomic E-state index is 12.7. The van der Waals surface area contributed by atoms with Crippen LogP contribution in [0.25, 0.3) is 11.1 Å². The predicted octanol–water partition coefficient (Wildman–Crippen LogP) is 4.72. The molecule has 0 saturated heterocycles. The maximum absolute atomic E-state index is 12.7. The van der Waals surface area contributed by atoms with E-state index in [0.717, 1.165) is 16.7 Å². The molecule has 0 aromatic heterocycles. The molecule has 30 heavy (non-hydrogen) atoms. The van der Waals surface area contributed by atoms with Crippen molar-refractivity contribution >= 4 is 17.6 Å². The Morgan fingerprint density at radius 2 is 1.53 bits per heavy atom. The van der Waals surface area contributed by atoms with Crippen molar-refractivity contribution in [2.45, 2.75) is 6.92 Å². The van der Waals surface area contributed by atoms with E-state index in [1.165, 1.54) is 7.11 Å². The molecule has 0 aliphatic carbocycles. The molecule has 0 spiro atoms. The van der Waals surface area contributed by atoms with Crippen molar-refractivity contribution in [3.63, 3.8) is 0 Å². The Morgan fingerprint density at radius 1 is 0.833 bits per heavy atom. The minimum Gasteiger partial charge on any atom is -0.493 e. The van der Waals surface area contributed by atoms with Gasteiger partial charge in [0.05, 0.1) is 32.6 Å². The van der Waals surface area contributed by atoms with Gasteiger partial charge >= 0.3 is 5.97 Å². The van der Waals surface area contributed by atoms with Gasteiger partial charge in [-0.05, 0) is 60.0 Å². The van der Waals surface area contributed by atoms with Gasteiger partial charge in [-0.2, -0.15) is 0 Å². The molecule has 0 aliphatic heterocycles. The fourth-order valence-corrected chi connectivity index (χ4v) is 3.19. The monoisotopic (exact) mass is 405 g/mol. The molecule has 3 aromatic rings. The van der Waals surface area contributed by atoms with Gasteiger partial charge in [-0.3, -0.25) is 4.79 Å². The van der Waals surface area contributed by atoms with E-state index in [2.05, 4.69) is 5.32 Å². The Morgan fingerprint density at radius 3 is 2.17 bits per heavy atom. The van der Waals surface area contributed by atoms with Crippen LogP contribution in [0.4, 0.5) is 5.69 Å². The molecule has 0 radical (unpaired) electrons. The van der Waals surface area contributed by atoms with E-state index in [1.54, 1.807) is 50.6 Å². The Bertz CT molecular complexity index is 1080. The largest absolute Gasteiger partial charge is 0.493 e. The number of amides is 1. The van der Waals surface area contributed by atoms with E-state index in [9.17, 15) is 9.59 Å². The molecule has 1 N–H and O–H groups in total. The second kappa shape index (κ2) is 9.13. The zero-order valence-corrected chi connectivity index (χ0v) is 17.3. The van der Waals surface area contributed by atoms with Gasteiger partial charge in [0.15, 0.2) is 11.5 Å². The zero-order chi connectivity index (χ0) is 21.7. The molecule has 0 heterocycles. The van der Waals surface area contributed by atoms with Crippen LogP contribution in [0.2, 0.25) is 0 Å². The second-order valence-electron chi connectivity index (χ2n) is 6.59. The first-order valence-electron chi connectivity index (χ1n) is 9.30. The summed E-state index contributed by atoms with van der Waals surface area (Å²) < 4.78 is 15.6. The van der Waals surface area contributed by atoms with Crippen LogP contribution in [0.5, 0.6) is 11.5 Å². The number of hydrogen-bond acceptors (Lipinski definition) is 5.